The molecule has 1 aromatic heterocycles. The van der Waals surface area contributed by atoms with Gasteiger partial charge in [0.05, 0.1) is 7.11 Å². The summed E-state index contributed by atoms with van der Waals surface area (Å²) in [6.45, 7) is 0. The summed E-state index contributed by atoms with van der Waals surface area (Å²) in [7, 11) is 1.58. The fourth-order valence-corrected chi connectivity index (χ4v) is 1.29. The third kappa shape index (κ3) is 2.73. The van der Waals surface area contributed by atoms with Crippen molar-refractivity contribution < 1.29 is 19.1 Å². The Labute approximate surface area is 103 Å². The van der Waals surface area contributed by atoms with Crippen LogP contribution in [0.25, 0.3) is 17.5 Å². The molecule has 0 amide bonds. The van der Waals surface area contributed by atoms with E-state index in [0.717, 1.165) is 17.4 Å². The Morgan fingerprint density at radius 2 is 2.06 bits per heavy atom. The van der Waals surface area contributed by atoms with Crippen molar-refractivity contribution >= 4 is 12.0 Å². The molecule has 6 heteroatoms. The number of benzene rings is 1. The molecule has 18 heavy (non-hydrogen) atoms. The molecule has 0 radical (unpaired) electrons. The number of carboxylic acids is 1. The molecular formula is C12H10N2O4. The van der Waals surface area contributed by atoms with Gasteiger partial charge in [-0.25, -0.2) is 4.79 Å². The average molecular weight is 246 g/mol. The Hall–Kier alpha value is -2.63. The third-order valence-corrected chi connectivity index (χ3v) is 2.15. The second kappa shape index (κ2) is 5.13. The molecule has 0 atom stereocenters. The monoisotopic (exact) mass is 246 g/mol. The second-order valence-corrected chi connectivity index (χ2v) is 3.35. The van der Waals surface area contributed by atoms with Crippen molar-refractivity contribution in [1.29, 1.82) is 0 Å². The maximum atomic E-state index is 10.3. The van der Waals surface area contributed by atoms with Crippen molar-refractivity contribution in [3.05, 3.63) is 36.2 Å². The van der Waals surface area contributed by atoms with E-state index in [0.29, 0.717) is 5.89 Å². The van der Waals surface area contributed by atoms with E-state index in [-0.39, 0.29) is 5.89 Å². The van der Waals surface area contributed by atoms with Crippen LogP contribution in [-0.2, 0) is 4.79 Å². The van der Waals surface area contributed by atoms with Gasteiger partial charge in [0.15, 0.2) is 0 Å². The number of hydrogen-bond acceptors (Lipinski definition) is 5. The summed E-state index contributed by atoms with van der Waals surface area (Å²) in [5.74, 6) is 0.120. The summed E-state index contributed by atoms with van der Waals surface area (Å²) < 4.78 is 10.3. The van der Waals surface area contributed by atoms with Crippen LogP contribution in [0.2, 0.25) is 0 Å². The fraction of sp³-hybridized carbons (Fsp3) is 0.0833. The number of aliphatic carboxylic acids is 1. The van der Waals surface area contributed by atoms with Crippen LogP contribution in [-0.4, -0.2) is 28.4 Å². The molecule has 0 aliphatic rings. The van der Waals surface area contributed by atoms with Gasteiger partial charge in [-0.15, -0.1) is 10.2 Å². The topological polar surface area (TPSA) is 85.5 Å². The molecule has 2 aromatic rings. The quantitative estimate of drug-likeness (QED) is 0.828. The highest BCUT2D eigenvalue weighted by Gasteiger charge is 2.06. The number of carboxylic acid groups (broad SMARTS) is 1. The lowest BCUT2D eigenvalue weighted by atomic mass is 10.2. The fourth-order valence-electron chi connectivity index (χ4n) is 1.29. The maximum Gasteiger partial charge on any atom is 0.328 e. The van der Waals surface area contributed by atoms with Crippen molar-refractivity contribution in [2.45, 2.75) is 0 Å². The van der Waals surface area contributed by atoms with E-state index in [4.69, 9.17) is 14.3 Å². The van der Waals surface area contributed by atoms with E-state index in [2.05, 4.69) is 10.2 Å². The summed E-state index contributed by atoms with van der Waals surface area (Å²) >= 11 is 0. The first-order valence-electron chi connectivity index (χ1n) is 5.08. The van der Waals surface area contributed by atoms with Crippen molar-refractivity contribution in [2.75, 3.05) is 7.11 Å². The van der Waals surface area contributed by atoms with Crippen LogP contribution in [0.4, 0.5) is 0 Å². The van der Waals surface area contributed by atoms with Gasteiger partial charge in [-0.1, -0.05) is 0 Å². The minimum Gasteiger partial charge on any atom is -0.497 e. The van der Waals surface area contributed by atoms with E-state index in [1.54, 1.807) is 31.4 Å². The zero-order valence-corrected chi connectivity index (χ0v) is 9.53. The predicted octanol–water partition coefficient (Wildman–Crippen LogP) is 1.84. The van der Waals surface area contributed by atoms with Gasteiger partial charge >= 0.3 is 5.97 Å². The smallest absolute Gasteiger partial charge is 0.328 e. The Morgan fingerprint density at radius 1 is 1.33 bits per heavy atom. The molecule has 0 bridgehead atoms. The summed E-state index contributed by atoms with van der Waals surface area (Å²) in [5, 5.41) is 16.0. The van der Waals surface area contributed by atoms with Crippen LogP contribution in [0, 0.1) is 0 Å². The van der Waals surface area contributed by atoms with Crippen LogP contribution < -0.4 is 4.74 Å². The maximum absolute atomic E-state index is 10.3. The number of hydrogen-bond donors (Lipinski definition) is 1. The number of aromatic nitrogens is 2. The van der Waals surface area contributed by atoms with Crippen LogP contribution in [0.5, 0.6) is 5.75 Å². The van der Waals surface area contributed by atoms with Crippen molar-refractivity contribution in [1.82, 2.24) is 10.2 Å². The molecule has 1 heterocycles. The Balaban J connectivity index is 2.20. The lowest BCUT2D eigenvalue weighted by molar-refractivity contribution is -0.131. The highest BCUT2D eigenvalue weighted by molar-refractivity contribution is 5.84. The van der Waals surface area contributed by atoms with Crippen molar-refractivity contribution in [2.24, 2.45) is 0 Å². The van der Waals surface area contributed by atoms with Gasteiger partial charge in [0.2, 0.25) is 11.8 Å². The second-order valence-electron chi connectivity index (χ2n) is 3.35. The zero-order valence-electron chi connectivity index (χ0n) is 9.53. The number of methoxy groups -OCH3 is 1. The van der Waals surface area contributed by atoms with Gasteiger partial charge < -0.3 is 14.3 Å². The van der Waals surface area contributed by atoms with Gasteiger partial charge in [-0.2, -0.15) is 0 Å². The highest BCUT2D eigenvalue weighted by Crippen LogP contribution is 2.21. The van der Waals surface area contributed by atoms with Gasteiger partial charge in [0.1, 0.15) is 5.75 Å². The van der Waals surface area contributed by atoms with Crippen molar-refractivity contribution in [3.8, 4) is 17.2 Å². The standard InChI is InChI=1S/C12H10N2O4/c1-17-9-4-2-8(3-5-9)12-14-13-10(18-12)6-7-11(15)16/h2-7H,1H3,(H,15,16)/b7-6-. The SMILES string of the molecule is COc1ccc(-c2nnc(/C=C\C(=O)O)o2)cc1. The Kier molecular flexibility index (Phi) is 3.38. The normalized spacial score (nSPS) is 10.7. The molecule has 0 saturated heterocycles. The minimum atomic E-state index is -1.07. The minimum absolute atomic E-state index is 0.142. The number of rotatable bonds is 4. The highest BCUT2D eigenvalue weighted by atomic mass is 16.5. The molecule has 2 rings (SSSR count). The van der Waals surface area contributed by atoms with Crippen LogP contribution >= 0.6 is 0 Å². The molecule has 6 nitrogen and oxygen atoms in total. The van der Waals surface area contributed by atoms with E-state index < -0.39 is 5.97 Å². The zero-order chi connectivity index (χ0) is 13.0. The Bertz CT molecular complexity index is 572. The number of ether oxygens (including phenoxy) is 1. The van der Waals surface area contributed by atoms with Gasteiger partial charge in [-0.05, 0) is 24.3 Å². The lowest BCUT2D eigenvalue weighted by Gasteiger charge is -1.98. The van der Waals surface area contributed by atoms with Crippen LogP contribution in [0.3, 0.4) is 0 Å². The van der Waals surface area contributed by atoms with Crippen LogP contribution in [0.15, 0.2) is 34.8 Å². The third-order valence-electron chi connectivity index (χ3n) is 2.15. The van der Waals surface area contributed by atoms with E-state index in [1.807, 2.05) is 0 Å². The van der Waals surface area contributed by atoms with Gasteiger partial charge in [-0.3, -0.25) is 0 Å². The molecule has 0 unspecified atom stereocenters. The molecule has 92 valence electrons. The summed E-state index contributed by atoms with van der Waals surface area (Å²) in [6.07, 6.45) is 2.17. The number of carbonyl (C=O) groups is 1. The van der Waals surface area contributed by atoms with E-state index in [9.17, 15) is 4.79 Å². The van der Waals surface area contributed by atoms with Gasteiger partial charge in [0, 0.05) is 17.7 Å². The molecule has 0 saturated carbocycles. The average Bonchev–Trinajstić information content (AvgIpc) is 2.85. The van der Waals surface area contributed by atoms with Crippen molar-refractivity contribution in [3.63, 3.8) is 0 Å². The summed E-state index contributed by atoms with van der Waals surface area (Å²) in [5.41, 5.74) is 0.735. The lowest BCUT2D eigenvalue weighted by Crippen LogP contribution is -1.85. The first-order chi connectivity index (χ1) is 8.69. The first kappa shape index (κ1) is 11.8. The molecule has 0 spiro atoms. The Morgan fingerprint density at radius 3 is 2.67 bits per heavy atom. The molecule has 0 aliphatic carbocycles. The van der Waals surface area contributed by atoms with E-state index >= 15 is 0 Å². The predicted molar refractivity (Wildman–Crippen MR) is 63.0 cm³/mol. The largest absolute Gasteiger partial charge is 0.497 e. The molecule has 1 aromatic carbocycles. The molecule has 1 N–H and O–H groups in total. The molecular weight excluding hydrogens is 236 g/mol. The number of nitrogens with zero attached hydrogens (tertiary/aromatic N) is 2. The van der Waals surface area contributed by atoms with E-state index in [1.165, 1.54) is 6.08 Å². The summed E-state index contributed by atoms with van der Waals surface area (Å²) in [6, 6.07) is 7.09. The van der Waals surface area contributed by atoms with Crippen LogP contribution in [0.1, 0.15) is 5.89 Å². The molecule has 0 fully saturated rings. The summed E-state index contributed by atoms with van der Waals surface area (Å²) in [4.78, 5) is 10.3. The van der Waals surface area contributed by atoms with Gasteiger partial charge in [0.25, 0.3) is 0 Å². The molecule has 0 aliphatic heterocycles. The first-order valence-corrected chi connectivity index (χ1v) is 5.08.